The molecule has 1 fully saturated rings. The van der Waals surface area contributed by atoms with Crippen LogP contribution in [0.2, 0.25) is 0 Å². The van der Waals surface area contributed by atoms with E-state index in [0.717, 1.165) is 31.7 Å². The highest BCUT2D eigenvalue weighted by Crippen LogP contribution is 2.37. The zero-order chi connectivity index (χ0) is 24.2. The Morgan fingerprint density at radius 3 is 2.45 bits per heavy atom. The van der Waals surface area contributed by atoms with Gasteiger partial charge in [0.15, 0.2) is 5.13 Å². The van der Waals surface area contributed by atoms with Crippen LogP contribution in [0.15, 0.2) is 28.6 Å². The molecule has 0 unspecified atom stereocenters. The zero-order valence-corrected chi connectivity index (χ0v) is 20.6. The predicted octanol–water partition coefficient (Wildman–Crippen LogP) is 6.03. The van der Waals surface area contributed by atoms with Gasteiger partial charge in [0.05, 0.1) is 10.4 Å². The number of urea groups is 1. The second kappa shape index (κ2) is 10.8. The van der Waals surface area contributed by atoms with Gasteiger partial charge in [0.25, 0.3) is 0 Å². The number of carboxylic acid groups (broad SMARTS) is 1. The number of amides is 2. The minimum Gasteiger partial charge on any atom is -0.480 e. The van der Waals surface area contributed by atoms with Crippen molar-refractivity contribution in [1.82, 2.24) is 9.88 Å². The fourth-order valence-electron chi connectivity index (χ4n) is 3.83. The largest absolute Gasteiger partial charge is 0.480 e. The molecule has 1 saturated carbocycles. The number of carbonyl (C=O) groups is 2. The normalized spacial score (nSPS) is 18.7. The topological polar surface area (TPSA) is 82.5 Å². The van der Waals surface area contributed by atoms with Crippen LogP contribution in [0.1, 0.15) is 52.0 Å². The summed E-state index contributed by atoms with van der Waals surface area (Å²) in [7, 11) is 0. The van der Waals surface area contributed by atoms with E-state index in [1.54, 1.807) is 24.9 Å². The van der Waals surface area contributed by atoms with E-state index >= 15 is 0 Å². The van der Waals surface area contributed by atoms with Crippen LogP contribution in [-0.4, -0.2) is 44.3 Å². The smallest absolute Gasteiger partial charge is 0.323 e. The van der Waals surface area contributed by atoms with E-state index in [2.05, 4.69) is 17.2 Å². The van der Waals surface area contributed by atoms with Crippen molar-refractivity contribution in [2.75, 3.05) is 11.9 Å². The standard InChI is InChI=1S/C23H29F2N3O3S2/c1-14-4-6-18(7-5-14)28(9-8-15-10-16(24)12-17(25)11-15)22(31)27-21-26-13-19(32-21)33-23(2,3)20(29)30/h10-14,18H,4-9H2,1-3H3,(H,29,30)(H,26,27,31)/t14-,18-. The first kappa shape index (κ1) is 25.4. The molecule has 2 N–H and O–H groups in total. The number of carbonyl (C=O) groups excluding carboxylic acids is 1. The third-order valence-electron chi connectivity index (χ3n) is 5.82. The van der Waals surface area contributed by atoms with E-state index in [9.17, 15) is 23.5 Å². The van der Waals surface area contributed by atoms with E-state index in [-0.39, 0.29) is 12.1 Å². The van der Waals surface area contributed by atoms with Gasteiger partial charge in [0.1, 0.15) is 16.4 Å². The molecule has 0 radical (unpaired) electrons. The lowest BCUT2D eigenvalue weighted by Crippen LogP contribution is -2.45. The fourth-order valence-corrected chi connectivity index (χ4v) is 6.10. The highest BCUT2D eigenvalue weighted by atomic mass is 32.2. The Balaban J connectivity index is 1.70. The van der Waals surface area contributed by atoms with Gasteiger partial charge in [-0.3, -0.25) is 10.1 Å². The lowest BCUT2D eigenvalue weighted by atomic mass is 9.86. The van der Waals surface area contributed by atoms with Crippen molar-refractivity contribution in [2.45, 2.75) is 67.9 Å². The van der Waals surface area contributed by atoms with E-state index in [1.807, 2.05) is 0 Å². The van der Waals surface area contributed by atoms with Crippen LogP contribution in [0.25, 0.3) is 0 Å². The zero-order valence-electron chi connectivity index (χ0n) is 18.9. The molecule has 1 aliphatic rings. The molecule has 2 amide bonds. The number of benzene rings is 1. The maximum atomic E-state index is 13.6. The van der Waals surface area contributed by atoms with Crippen molar-refractivity contribution in [1.29, 1.82) is 0 Å². The van der Waals surface area contributed by atoms with Crippen molar-refractivity contribution in [3.63, 3.8) is 0 Å². The summed E-state index contributed by atoms with van der Waals surface area (Å²) >= 11 is 2.39. The van der Waals surface area contributed by atoms with Crippen molar-refractivity contribution in [2.24, 2.45) is 5.92 Å². The maximum Gasteiger partial charge on any atom is 0.323 e. The molecular formula is C23H29F2N3O3S2. The molecule has 0 atom stereocenters. The van der Waals surface area contributed by atoms with Gasteiger partial charge in [-0.05, 0) is 69.6 Å². The number of thioether (sulfide) groups is 1. The van der Waals surface area contributed by atoms with Crippen LogP contribution in [0.3, 0.4) is 0 Å². The number of thiazole rings is 1. The van der Waals surface area contributed by atoms with E-state index in [4.69, 9.17) is 0 Å². The first-order chi connectivity index (χ1) is 15.5. The molecule has 2 aromatic rings. The van der Waals surface area contributed by atoms with Crippen molar-refractivity contribution < 1.29 is 23.5 Å². The lowest BCUT2D eigenvalue weighted by Gasteiger charge is -2.36. The van der Waals surface area contributed by atoms with Crippen LogP contribution in [0, 0.1) is 17.6 Å². The van der Waals surface area contributed by atoms with Crippen LogP contribution >= 0.6 is 23.1 Å². The maximum absolute atomic E-state index is 13.6. The minimum atomic E-state index is -1.02. The number of nitrogens with zero attached hydrogens (tertiary/aromatic N) is 2. The van der Waals surface area contributed by atoms with Crippen LogP contribution in [0.4, 0.5) is 18.7 Å². The van der Waals surface area contributed by atoms with E-state index in [1.165, 1.54) is 35.2 Å². The average molecular weight is 498 g/mol. The van der Waals surface area contributed by atoms with Crippen LogP contribution in [-0.2, 0) is 11.2 Å². The molecule has 180 valence electrons. The summed E-state index contributed by atoms with van der Waals surface area (Å²) in [6, 6.07) is 3.14. The van der Waals surface area contributed by atoms with Gasteiger partial charge in [-0.1, -0.05) is 30.0 Å². The summed E-state index contributed by atoms with van der Waals surface area (Å²) in [5.74, 6) is -1.59. The van der Waals surface area contributed by atoms with Gasteiger partial charge in [-0.15, -0.1) is 0 Å². The number of nitrogens with one attached hydrogen (secondary N) is 1. The Morgan fingerprint density at radius 2 is 1.85 bits per heavy atom. The Labute approximate surface area is 200 Å². The quantitative estimate of drug-likeness (QED) is 0.435. The highest BCUT2D eigenvalue weighted by Gasteiger charge is 2.30. The highest BCUT2D eigenvalue weighted by molar-refractivity contribution is 8.03. The summed E-state index contributed by atoms with van der Waals surface area (Å²) in [5, 5.41) is 12.5. The number of rotatable bonds is 8. The van der Waals surface area contributed by atoms with Crippen LogP contribution in [0.5, 0.6) is 0 Å². The summed E-state index contributed by atoms with van der Waals surface area (Å²) in [6.07, 6.45) is 5.67. The number of aromatic nitrogens is 1. The molecule has 1 heterocycles. The fraction of sp³-hybridized carbons (Fsp3) is 0.522. The molecular weight excluding hydrogens is 468 g/mol. The number of hydrogen-bond acceptors (Lipinski definition) is 5. The van der Waals surface area contributed by atoms with Gasteiger partial charge >= 0.3 is 12.0 Å². The average Bonchev–Trinajstić information content (AvgIpc) is 3.14. The van der Waals surface area contributed by atoms with Gasteiger partial charge in [0.2, 0.25) is 0 Å². The van der Waals surface area contributed by atoms with Crippen molar-refractivity contribution >= 4 is 40.2 Å². The number of aliphatic carboxylic acids is 1. The molecule has 1 aliphatic carbocycles. The second-order valence-corrected chi connectivity index (χ2v) is 11.9. The van der Waals surface area contributed by atoms with Crippen molar-refractivity contribution in [3.8, 4) is 0 Å². The molecule has 33 heavy (non-hydrogen) atoms. The number of carboxylic acids is 1. The number of hydrogen-bond donors (Lipinski definition) is 2. The molecule has 10 heteroatoms. The molecule has 0 bridgehead atoms. The molecule has 1 aromatic heterocycles. The van der Waals surface area contributed by atoms with Gasteiger partial charge in [0, 0.05) is 18.7 Å². The Bertz CT molecular complexity index is 971. The predicted molar refractivity (Wildman–Crippen MR) is 127 cm³/mol. The molecule has 1 aromatic carbocycles. The molecule has 6 nitrogen and oxygen atoms in total. The second-order valence-electron chi connectivity index (χ2n) is 8.97. The molecule has 0 saturated heterocycles. The summed E-state index contributed by atoms with van der Waals surface area (Å²) in [5.41, 5.74) is 0.498. The van der Waals surface area contributed by atoms with Crippen molar-refractivity contribution in [3.05, 3.63) is 41.6 Å². The first-order valence-corrected chi connectivity index (χ1v) is 12.6. The summed E-state index contributed by atoms with van der Waals surface area (Å²) in [6.45, 7) is 5.74. The Kier molecular flexibility index (Phi) is 8.33. The summed E-state index contributed by atoms with van der Waals surface area (Å²) in [4.78, 5) is 30.5. The van der Waals surface area contributed by atoms with Gasteiger partial charge < -0.3 is 10.0 Å². The molecule has 0 aliphatic heterocycles. The van der Waals surface area contributed by atoms with Gasteiger partial charge in [-0.2, -0.15) is 0 Å². The van der Waals surface area contributed by atoms with Crippen LogP contribution < -0.4 is 5.32 Å². The SMILES string of the molecule is CC(C)(Sc1cnc(NC(=O)N(CCc2cc(F)cc(F)c2)[C@H]2CC[C@H](C)CC2)s1)C(=O)O. The number of halogens is 2. The van der Waals surface area contributed by atoms with E-state index in [0.29, 0.717) is 33.8 Å². The summed E-state index contributed by atoms with van der Waals surface area (Å²) < 4.78 is 26.8. The third-order valence-corrected chi connectivity index (χ3v) is 8.02. The Morgan fingerprint density at radius 1 is 1.21 bits per heavy atom. The first-order valence-electron chi connectivity index (χ1n) is 10.9. The molecule has 0 spiro atoms. The number of anilines is 1. The lowest BCUT2D eigenvalue weighted by molar-refractivity contribution is -0.138. The van der Waals surface area contributed by atoms with Gasteiger partial charge in [-0.25, -0.2) is 18.6 Å². The minimum absolute atomic E-state index is 0.0411. The van der Waals surface area contributed by atoms with E-state index < -0.39 is 22.4 Å². The monoisotopic (exact) mass is 497 g/mol. The Hall–Kier alpha value is -2.20. The third kappa shape index (κ3) is 7.14. The molecule has 3 rings (SSSR count).